The molecule has 1 unspecified atom stereocenters. The highest BCUT2D eigenvalue weighted by molar-refractivity contribution is 5.80. The number of carbonyl (C=O) groups excluding carboxylic acids is 1. The summed E-state index contributed by atoms with van der Waals surface area (Å²) in [5.74, 6) is 1.79. The van der Waals surface area contributed by atoms with Crippen molar-refractivity contribution in [2.24, 2.45) is 0 Å². The number of carbonyl (C=O) groups is 1. The Balaban J connectivity index is 1.83. The van der Waals surface area contributed by atoms with Gasteiger partial charge in [0.25, 0.3) is 5.91 Å². The van der Waals surface area contributed by atoms with Gasteiger partial charge in [0.15, 0.2) is 6.10 Å². The molecular formula is C23H31NO3. The number of rotatable bonds is 8. The van der Waals surface area contributed by atoms with Gasteiger partial charge in [0.1, 0.15) is 18.1 Å². The minimum absolute atomic E-state index is 0.144. The zero-order chi connectivity index (χ0) is 20.0. The van der Waals surface area contributed by atoms with Gasteiger partial charge >= 0.3 is 0 Å². The van der Waals surface area contributed by atoms with Crippen LogP contribution in [-0.2, 0) is 4.79 Å². The summed E-state index contributed by atoms with van der Waals surface area (Å²) < 4.78 is 11.6. The molecule has 0 saturated heterocycles. The van der Waals surface area contributed by atoms with Crippen molar-refractivity contribution >= 4 is 5.91 Å². The summed E-state index contributed by atoms with van der Waals surface area (Å²) in [6.07, 6.45) is -0.564. The molecule has 0 saturated carbocycles. The largest absolute Gasteiger partial charge is 0.492 e. The molecule has 0 aliphatic carbocycles. The first-order valence-corrected chi connectivity index (χ1v) is 9.53. The van der Waals surface area contributed by atoms with E-state index in [1.54, 1.807) is 6.92 Å². The standard InChI is InChI=1S/C23H31NO3/c1-15(2)21-10-7-16(3)13-22(21)27-19(6)23(25)24-11-12-26-20-9-8-17(4)18(5)14-20/h7-10,13-15,19H,11-12H2,1-6H3,(H,24,25). The molecule has 0 fully saturated rings. The first-order valence-electron chi connectivity index (χ1n) is 9.53. The predicted octanol–water partition coefficient (Wildman–Crippen LogP) is 4.70. The summed E-state index contributed by atoms with van der Waals surface area (Å²) in [4.78, 5) is 12.3. The van der Waals surface area contributed by atoms with Crippen LogP contribution in [0.1, 0.15) is 48.9 Å². The van der Waals surface area contributed by atoms with Gasteiger partial charge in [-0.3, -0.25) is 4.79 Å². The minimum atomic E-state index is -0.564. The fourth-order valence-electron chi connectivity index (χ4n) is 2.76. The van der Waals surface area contributed by atoms with Gasteiger partial charge in [0.2, 0.25) is 0 Å². The highest BCUT2D eigenvalue weighted by atomic mass is 16.5. The molecule has 0 heterocycles. The summed E-state index contributed by atoms with van der Waals surface area (Å²) in [6, 6.07) is 12.1. The number of amides is 1. The molecule has 4 nitrogen and oxygen atoms in total. The summed E-state index contributed by atoms with van der Waals surface area (Å²) in [5.41, 5.74) is 4.65. The number of benzene rings is 2. The van der Waals surface area contributed by atoms with Crippen LogP contribution in [0.2, 0.25) is 0 Å². The quantitative estimate of drug-likeness (QED) is 0.686. The number of hydrogen-bond acceptors (Lipinski definition) is 3. The second kappa shape index (κ2) is 9.45. The molecule has 27 heavy (non-hydrogen) atoms. The first kappa shape index (κ1) is 20.8. The first-order chi connectivity index (χ1) is 12.8. The van der Waals surface area contributed by atoms with Crippen LogP contribution in [0.15, 0.2) is 36.4 Å². The van der Waals surface area contributed by atoms with Gasteiger partial charge < -0.3 is 14.8 Å². The smallest absolute Gasteiger partial charge is 0.260 e. The molecular weight excluding hydrogens is 338 g/mol. The van der Waals surface area contributed by atoms with Crippen molar-refractivity contribution in [3.05, 3.63) is 58.7 Å². The Bertz CT molecular complexity index is 783. The SMILES string of the molecule is Cc1ccc(C(C)C)c(OC(C)C(=O)NCCOc2ccc(C)c(C)c2)c1. The van der Waals surface area contributed by atoms with E-state index < -0.39 is 6.10 Å². The van der Waals surface area contributed by atoms with E-state index in [9.17, 15) is 4.79 Å². The number of aryl methyl sites for hydroxylation is 3. The van der Waals surface area contributed by atoms with E-state index in [0.29, 0.717) is 19.1 Å². The highest BCUT2D eigenvalue weighted by Crippen LogP contribution is 2.28. The molecule has 146 valence electrons. The second-order valence-corrected chi connectivity index (χ2v) is 7.34. The van der Waals surface area contributed by atoms with Crippen LogP contribution in [0.25, 0.3) is 0 Å². The number of hydrogen-bond donors (Lipinski definition) is 1. The summed E-state index contributed by atoms with van der Waals surface area (Å²) in [6.45, 7) is 13.0. The Kier molecular flexibility index (Phi) is 7.28. The van der Waals surface area contributed by atoms with Crippen molar-refractivity contribution in [1.29, 1.82) is 0 Å². The molecule has 0 aliphatic rings. The zero-order valence-electron chi connectivity index (χ0n) is 17.3. The zero-order valence-corrected chi connectivity index (χ0v) is 17.3. The van der Waals surface area contributed by atoms with E-state index in [0.717, 1.165) is 22.6 Å². The van der Waals surface area contributed by atoms with Crippen LogP contribution in [0.4, 0.5) is 0 Å². The van der Waals surface area contributed by atoms with Gasteiger partial charge in [0, 0.05) is 0 Å². The van der Waals surface area contributed by atoms with Crippen molar-refractivity contribution in [3.8, 4) is 11.5 Å². The molecule has 1 amide bonds. The lowest BCUT2D eigenvalue weighted by Crippen LogP contribution is -2.38. The third-order valence-corrected chi connectivity index (χ3v) is 4.61. The topological polar surface area (TPSA) is 47.6 Å². The Labute approximate surface area is 162 Å². The Hall–Kier alpha value is -2.49. The molecule has 4 heteroatoms. The fourth-order valence-corrected chi connectivity index (χ4v) is 2.76. The molecule has 0 aliphatic heterocycles. The molecule has 1 N–H and O–H groups in total. The number of ether oxygens (including phenoxy) is 2. The molecule has 1 atom stereocenters. The summed E-state index contributed by atoms with van der Waals surface area (Å²) >= 11 is 0. The van der Waals surface area contributed by atoms with Gasteiger partial charge in [0.05, 0.1) is 6.54 Å². The van der Waals surface area contributed by atoms with Crippen molar-refractivity contribution in [2.45, 2.75) is 53.6 Å². The van der Waals surface area contributed by atoms with E-state index in [-0.39, 0.29) is 5.91 Å². The average Bonchev–Trinajstić information content (AvgIpc) is 2.61. The maximum atomic E-state index is 12.3. The third kappa shape index (κ3) is 6.02. The lowest BCUT2D eigenvalue weighted by Gasteiger charge is -2.19. The lowest BCUT2D eigenvalue weighted by molar-refractivity contribution is -0.127. The van der Waals surface area contributed by atoms with Crippen molar-refractivity contribution in [2.75, 3.05) is 13.2 Å². The molecule has 0 bridgehead atoms. The van der Waals surface area contributed by atoms with Crippen molar-refractivity contribution < 1.29 is 14.3 Å². The van der Waals surface area contributed by atoms with E-state index in [1.165, 1.54) is 11.1 Å². The Morgan fingerprint density at radius 3 is 2.41 bits per heavy atom. The van der Waals surface area contributed by atoms with Crippen LogP contribution in [0.3, 0.4) is 0 Å². The predicted molar refractivity (Wildman–Crippen MR) is 110 cm³/mol. The van der Waals surface area contributed by atoms with Crippen LogP contribution in [-0.4, -0.2) is 25.2 Å². The fraction of sp³-hybridized carbons (Fsp3) is 0.435. The Morgan fingerprint density at radius 1 is 1.00 bits per heavy atom. The van der Waals surface area contributed by atoms with Crippen LogP contribution in [0, 0.1) is 20.8 Å². The van der Waals surface area contributed by atoms with Crippen LogP contribution in [0.5, 0.6) is 11.5 Å². The van der Waals surface area contributed by atoms with Gasteiger partial charge in [-0.05, 0) is 74.1 Å². The molecule has 0 radical (unpaired) electrons. The molecule has 0 spiro atoms. The maximum absolute atomic E-state index is 12.3. The number of nitrogens with one attached hydrogen (secondary N) is 1. The van der Waals surface area contributed by atoms with Crippen molar-refractivity contribution in [3.63, 3.8) is 0 Å². The Morgan fingerprint density at radius 2 is 1.74 bits per heavy atom. The van der Waals surface area contributed by atoms with Crippen LogP contribution < -0.4 is 14.8 Å². The van der Waals surface area contributed by atoms with Crippen LogP contribution >= 0.6 is 0 Å². The van der Waals surface area contributed by atoms with Gasteiger partial charge in [-0.2, -0.15) is 0 Å². The molecule has 0 aromatic heterocycles. The molecule has 2 aromatic rings. The minimum Gasteiger partial charge on any atom is -0.492 e. The molecule has 2 rings (SSSR count). The van der Waals surface area contributed by atoms with E-state index >= 15 is 0 Å². The second-order valence-electron chi connectivity index (χ2n) is 7.34. The van der Waals surface area contributed by atoms with E-state index in [2.05, 4.69) is 45.1 Å². The third-order valence-electron chi connectivity index (χ3n) is 4.61. The van der Waals surface area contributed by atoms with E-state index in [1.807, 2.05) is 31.2 Å². The lowest BCUT2D eigenvalue weighted by atomic mass is 10.0. The normalized spacial score (nSPS) is 12.0. The van der Waals surface area contributed by atoms with Crippen molar-refractivity contribution in [1.82, 2.24) is 5.32 Å². The van der Waals surface area contributed by atoms with E-state index in [4.69, 9.17) is 9.47 Å². The molecule has 2 aromatic carbocycles. The van der Waals surface area contributed by atoms with Gasteiger partial charge in [-0.1, -0.05) is 32.0 Å². The summed E-state index contributed by atoms with van der Waals surface area (Å²) in [5, 5.41) is 2.87. The summed E-state index contributed by atoms with van der Waals surface area (Å²) in [7, 11) is 0. The monoisotopic (exact) mass is 369 g/mol. The van der Waals surface area contributed by atoms with Gasteiger partial charge in [-0.15, -0.1) is 0 Å². The maximum Gasteiger partial charge on any atom is 0.260 e. The van der Waals surface area contributed by atoms with Gasteiger partial charge in [-0.25, -0.2) is 0 Å². The average molecular weight is 370 g/mol. The highest BCUT2D eigenvalue weighted by Gasteiger charge is 2.17.